The van der Waals surface area contributed by atoms with Gasteiger partial charge in [-0.05, 0) is 44.5 Å². The molecule has 0 bridgehead atoms. The van der Waals surface area contributed by atoms with E-state index in [1.54, 1.807) is 32.0 Å². The van der Waals surface area contributed by atoms with E-state index in [0.717, 1.165) is 19.3 Å². The van der Waals surface area contributed by atoms with Gasteiger partial charge in [-0.15, -0.1) is 0 Å². The third kappa shape index (κ3) is 10.1. The number of amides is 2. The number of phenolic OH excluding ortho intramolecular Hbond substituents is 1. The monoisotopic (exact) mass is 633 g/mol. The van der Waals surface area contributed by atoms with Crippen molar-refractivity contribution in [2.45, 2.75) is 116 Å². The van der Waals surface area contributed by atoms with Crippen LogP contribution in [-0.4, -0.2) is 31.1 Å². The zero-order chi connectivity index (χ0) is 31.5. The van der Waals surface area contributed by atoms with Gasteiger partial charge in [0.05, 0.1) is 27.6 Å². The Kier molecular flexibility index (Phi) is 13.2. The molecule has 0 spiro atoms. The molecule has 43 heavy (non-hydrogen) atoms. The number of hydrogen-bond donors (Lipinski definition) is 4. The number of carbonyl (C=O) groups excluding carboxylic acids is 2. The molecule has 4 N–H and O–H groups in total. The Labute approximate surface area is 262 Å². The van der Waals surface area contributed by atoms with E-state index in [1.807, 2.05) is 0 Å². The van der Waals surface area contributed by atoms with Crippen LogP contribution >= 0.6 is 11.6 Å². The van der Waals surface area contributed by atoms with Gasteiger partial charge in [0.2, 0.25) is 15.9 Å². The van der Waals surface area contributed by atoms with Crippen molar-refractivity contribution >= 4 is 50.5 Å². The molecular formula is C33H48ClN3O5S. The third-order valence-corrected chi connectivity index (χ3v) is 9.77. The number of carbonyl (C=O) groups is 2. The highest BCUT2D eigenvalue weighted by atomic mass is 35.5. The fraction of sp³-hybridized carbons (Fsp3) is 0.576. The van der Waals surface area contributed by atoms with Gasteiger partial charge in [0.1, 0.15) is 5.75 Å². The molecule has 0 aromatic heterocycles. The topological polar surface area (TPSA) is 125 Å². The van der Waals surface area contributed by atoms with Gasteiger partial charge in [-0.3, -0.25) is 14.3 Å². The second-order valence-electron chi connectivity index (χ2n) is 12.1. The molecule has 10 heteroatoms. The summed E-state index contributed by atoms with van der Waals surface area (Å²) in [6.45, 7) is 5.56. The number of hydrogen-bond acceptors (Lipinski definition) is 5. The molecule has 2 aromatic carbocycles. The van der Waals surface area contributed by atoms with Gasteiger partial charge in [0.15, 0.2) is 0 Å². The highest BCUT2D eigenvalue weighted by Crippen LogP contribution is 2.49. The van der Waals surface area contributed by atoms with Crippen molar-refractivity contribution in [1.29, 1.82) is 0 Å². The first-order chi connectivity index (χ1) is 20.5. The molecule has 1 aliphatic rings. The lowest BCUT2D eigenvalue weighted by molar-refractivity contribution is -0.119. The first kappa shape index (κ1) is 34.7. The first-order valence-corrected chi connectivity index (χ1v) is 17.8. The van der Waals surface area contributed by atoms with Crippen LogP contribution < -0.4 is 15.4 Å². The molecule has 1 aliphatic heterocycles. The zero-order valence-corrected chi connectivity index (χ0v) is 27.4. The van der Waals surface area contributed by atoms with E-state index in [9.17, 15) is 23.1 Å². The van der Waals surface area contributed by atoms with Gasteiger partial charge in [-0.2, -0.15) is 0 Å². The fourth-order valence-electron chi connectivity index (χ4n) is 5.48. The number of anilines is 3. The van der Waals surface area contributed by atoms with Gasteiger partial charge in [-0.1, -0.05) is 108 Å². The maximum absolute atomic E-state index is 13.0. The van der Waals surface area contributed by atoms with E-state index in [1.165, 1.54) is 76.3 Å². The Hall–Kier alpha value is -2.78. The minimum Gasteiger partial charge on any atom is -0.505 e. The van der Waals surface area contributed by atoms with Crippen molar-refractivity contribution in [3.63, 3.8) is 0 Å². The SMILES string of the molecule is CCCCCCCCCCCCCCCCS(=O)(=O)Nc1cccc(C(=O)Nc2cc(Cl)c3c(c2O)C(C)(C)C(=O)N3)c1. The average Bonchev–Trinajstić information content (AvgIpc) is 3.20. The number of sulfonamides is 1. The van der Waals surface area contributed by atoms with Crippen LogP contribution in [0.2, 0.25) is 5.02 Å². The van der Waals surface area contributed by atoms with Crippen molar-refractivity contribution in [2.75, 3.05) is 21.1 Å². The van der Waals surface area contributed by atoms with Crippen LogP contribution in [0.3, 0.4) is 0 Å². The van der Waals surface area contributed by atoms with E-state index in [4.69, 9.17) is 11.6 Å². The smallest absolute Gasteiger partial charge is 0.255 e. The van der Waals surface area contributed by atoms with E-state index >= 15 is 0 Å². The summed E-state index contributed by atoms with van der Waals surface area (Å²) in [5.41, 5.74) is 0.135. The summed E-state index contributed by atoms with van der Waals surface area (Å²) in [5, 5.41) is 16.3. The summed E-state index contributed by atoms with van der Waals surface area (Å²) in [6.07, 6.45) is 16.8. The molecule has 0 saturated heterocycles. The number of halogens is 1. The number of rotatable bonds is 19. The van der Waals surface area contributed by atoms with E-state index in [-0.39, 0.29) is 39.4 Å². The summed E-state index contributed by atoms with van der Waals surface area (Å²) < 4.78 is 27.9. The second kappa shape index (κ2) is 16.3. The maximum Gasteiger partial charge on any atom is 0.255 e. The molecule has 0 radical (unpaired) electrons. The van der Waals surface area contributed by atoms with Crippen molar-refractivity contribution in [3.05, 3.63) is 46.5 Å². The molecule has 0 saturated carbocycles. The summed E-state index contributed by atoms with van der Waals surface area (Å²) in [6, 6.07) is 7.53. The number of nitrogens with one attached hydrogen (secondary N) is 3. The van der Waals surface area contributed by atoms with Gasteiger partial charge >= 0.3 is 0 Å². The second-order valence-corrected chi connectivity index (χ2v) is 14.4. The van der Waals surface area contributed by atoms with Crippen LogP contribution in [0.5, 0.6) is 5.75 Å². The van der Waals surface area contributed by atoms with Crippen LogP contribution in [0, 0.1) is 0 Å². The molecule has 0 aliphatic carbocycles. The van der Waals surface area contributed by atoms with Crippen LogP contribution in [-0.2, 0) is 20.2 Å². The molecule has 2 amide bonds. The van der Waals surface area contributed by atoms with E-state index in [0.29, 0.717) is 17.7 Å². The lowest BCUT2D eigenvalue weighted by atomic mass is 9.85. The number of phenols is 1. The normalized spacial score (nSPS) is 13.9. The minimum atomic E-state index is -3.57. The van der Waals surface area contributed by atoms with Crippen molar-refractivity contribution in [3.8, 4) is 5.75 Å². The zero-order valence-electron chi connectivity index (χ0n) is 25.9. The molecule has 8 nitrogen and oxygen atoms in total. The van der Waals surface area contributed by atoms with Crippen LogP contribution in [0.15, 0.2) is 30.3 Å². The highest BCUT2D eigenvalue weighted by Gasteiger charge is 2.43. The number of benzene rings is 2. The van der Waals surface area contributed by atoms with Crippen molar-refractivity contribution < 1.29 is 23.1 Å². The summed E-state index contributed by atoms with van der Waals surface area (Å²) >= 11 is 6.33. The van der Waals surface area contributed by atoms with Gasteiger partial charge in [0.25, 0.3) is 5.91 Å². The van der Waals surface area contributed by atoms with Crippen molar-refractivity contribution in [2.24, 2.45) is 0 Å². The van der Waals surface area contributed by atoms with Gasteiger partial charge < -0.3 is 15.7 Å². The Morgan fingerprint density at radius 1 is 0.907 bits per heavy atom. The standard InChI is InChI=1S/C33H48ClN3O5S/c1-4-5-6-7-8-9-10-11-12-13-14-15-16-17-21-43(41,42)37-25-20-18-19-24(22-25)31(39)35-27-23-26(34)29-28(30(27)38)33(2,3)32(40)36-29/h18-20,22-23,37-38H,4-17,21H2,1-3H3,(H,35,39)(H,36,40). The minimum absolute atomic E-state index is 0.0193. The van der Waals surface area contributed by atoms with Crippen LogP contribution in [0.1, 0.15) is 127 Å². The molecule has 1 heterocycles. The predicted octanol–water partition coefficient (Wildman–Crippen LogP) is 8.75. The summed E-state index contributed by atoms with van der Waals surface area (Å²) in [5.74, 6) is -1.10. The average molecular weight is 634 g/mol. The molecule has 3 rings (SSSR count). The van der Waals surface area contributed by atoms with E-state index < -0.39 is 21.3 Å². The number of fused-ring (bicyclic) bond motifs is 1. The Balaban J connectivity index is 1.41. The molecule has 2 aromatic rings. The summed E-state index contributed by atoms with van der Waals surface area (Å²) in [7, 11) is -3.57. The van der Waals surface area contributed by atoms with Gasteiger partial charge in [-0.25, -0.2) is 8.42 Å². The predicted molar refractivity (Wildman–Crippen MR) is 177 cm³/mol. The Morgan fingerprint density at radius 2 is 1.47 bits per heavy atom. The lowest BCUT2D eigenvalue weighted by Gasteiger charge is -2.19. The van der Waals surface area contributed by atoms with Crippen LogP contribution in [0.4, 0.5) is 17.1 Å². The Morgan fingerprint density at radius 3 is 2.05 bits per heavy atom. The first-order valence-electron chi connectivity index (χ1n) is 15.8. The molecule has 0 fully saturated rings. The highest BCUT2D eigenvalue weighted by molar-refractivity contribution is 7.92. The molecule has 0 atom stereocenters. The summed E-state index contributed by atoms with van der Waals surface area (Å²) in [4.78, 5) is 25.3. The van der Waals surface area contributed by atoms with E-state index in [2.05, 4.69) is 22.3 Å². The molecular weight excluding hydrogens is 586 g/mol. The Bertz CT molecular complexity index is 1360. The third-order valence-electron chi connectivity index (χ3n) is 8.10. The lowest BCUT2D eigenvalue weighted by Crippen LogP contribution is -2.27. The van der Waals surface area contributed by atoms with Gasteiger partial charge in [0, 0.05) is 16.8 Å². The number of unbranched alkanes of at least 4 members (excludes halogenated alkanes) is 13. The molecule has 0 unspecified atom stereocenters. The maximum atomic E-state index is 13.0. The quantitative estimate of drug-likeness (QED) is 0.0909. The van der Waals surface area contributed by atoms with Crippen LogP contribution in [0.25, 0.3) is 0 Å². The number of aromatic hydroxyl groups is 1. The van der Waals surface area contributed by atoms with Crippen molar-refractivity contribution in [1.82, 2.24) is 0 Å². The fourth-order valence-corrected chi connectivity index (χ4v) is 6.91. The largest absolute Gasteiger partial charge is 0.505 e. The molecule has 238 valence electrons.